The number of carbonyl (C=O) groups excluding carboxylic acids is 1. The number of aromatic hydroxyl groups is 4. The molecule has 0 bridgehead atoms. The molecular formula is C30H23N3O8S. The van der Waals surface area contributed by atoms with Crippen LogP contribution in [-0.4, -0.2) is 43.6 Å². The number of H-pyrrole nitrogens is 1. The highest BCUT2D eigenvalue weighted by Crippen LogP contribution is 2.35. The average Bonchev–Trinajstić information content (AvgIpc) is 3.38. The van der Waals surface area contributed by atoms with Gasteiger partial charge in [0.15, 0.2) is 17.3 Å². The summed E-state index contributed by atoms with van der Waals surface area (Å²) in [4.78, 5) is 32.8. The lowest BCUT2D eigenvalue weighted by molar-refractivity contribution is 0.186. The fourth-order valence-corrected chi connectivity index (χ4v) is 4.79. The van der Waals surface area contributed by atoms with E-state index in [1.165, 1.54) is 42.3 Å². The number of aromatic amines is 1. The number of fused-ring (bicyclic) bond motifs is 2. The number of imidazole rings is 1. The second-order valence-electron chi connectivity index (χ2n) is 8.79. The standard InChI is InChI=1S/C15H13N3O2S.C15H10O6/c1-20-15(19)18-14-16-12-8-7-11(9-13(12)17-14)21-10-5-3-2-4-6-10;16-8-2-3-9-12(6-8)21-15(14(20)13(9)19)7-1-4-10(17)11(18)5-7/h2-9H,1H3,(H2,16,17,18,19);1-6,16-18,20H. The molecule has 0 fully saturated rings. The first-order valence-corrected chi connectivity index (χ1v) is 13.1. The van der Waals surface area contributed by atoms with Crippen molar-refractivity contribution in [3.8, 4) is 34.3 Å². The monoisotopic (exact) mass is 585 g/mol. The predicted octanol–water partition coefficient (Wildman–Crippen LogP) is 6.17. The molecule has 0 aliphatic rings. The molecular weight excluding hydrogens is 562 g/mol. The highest BCUT2D eigenvalue weighted by molar-refractivity contribution is 7.99. The molecule has 11 nitrogen and oxygen atoms in total. The maximum atomic E-state index is 12.1. The molecule has 0 unspecified atom stereocenters. The van der Waals surface area contributed by atoms with E-state index < -0.39 is 23.0 Å². The lowest BCUT2D eigenvalue weighted by Crippen LogP contribution is -2.11. The number of methoxy groups -OCH3 is 1. The van der Waals surface area contributed by atoms with Crippen molar-refractivity contribution in [2.45, 2.75) is 9.79 Å². The molecule has 42 heavy (non-hydrogen) atoms. The van der Waals surface area contributed by atoms with Gasteiger partial charge in [0.1, 0.15) is 11.3 Å². The number of phenolic OH excluding ortho intramolecular Hbond substituents is 3. The molecule has 6 rings (SSSR count). The van der Waals surface area contributed by atoms with Gasteiger partial charge in [-0.1, -0.05) is 30.0 Å². The number of nitrogens with one attached hydrogen (secondary N) is 2. The van der Waals surface area contributed by atoms with Crippen LogP contribution >= 0.6 is 11.8 Å². The lowest BCUT2D eigenvalue weighted by atomic mass is 10.1. The number of hydrogen-bond donors (Lipinski definition) is 6. The molecule has 0 radical (unpaired) electrons. The van der Waals surface area contributed by atoms with Gasteiger partial charge < -0.3 is 34.6 Å². The Balaban J connectivity index is 0.000000168. The van der Waals surface area contributed by atoms with Gasteiger partial charge in [-0.05, 0) is 60.7 Å². The molecule has 0 saturated carbocycles. The van der Waals surface area contributed by atoms with Gasteiger partial charge in [0.2, 0.25) is 17.1 Å². The zero-order chi connectivity index (χ0) is 29.8. The second-order valence-corrected chi connectivity index (χ2v) is 9.94. The molecule has 0 aliphatic heterocycles. The van der Waals surface area contributed by atoms with Gasteiger partial charge in [0.25, 0.3) is 0 Å². The van der Waals surface area contributed by atoms with Crippen molar-refractivity contribution in [3.63, 3.8) is 0 Å². The van der Waals surface area contributed by atoms with E-state index in [0.717, 1.165) is 22.0 Å². The number of carbonyl (C=O) groups is 1. The summed E-state index contributed by atoms with van der Waals surface area (Å²) in [6.07, 6.45) is -0.548. The molecule has 0 spiro atoms. The van der Waals surface area contributed by atoms with Gasteiger partial charge in [-0.3, -0.25) is 10.1 Å². The van der Waals surface area contributed by atoms with Crippen molar-refractivity contribution in [2.75, 3.05) is 12.4 Å². The Morgan fingerprint density at radius 2 is 1.69 bits per heavy atom. The smallest absolute Gasteiger partial charge is 0.413 e. The number of phenols is 3. The molecule has 6 aromatic rings. The van der Waals surface area contributed by atoms with E-state index in [1.54, 1.807) is 11.8 Å². The van der Waals surface area contributed by atoms with Crippen LogP contribution in [0, 0.1) is 0 Å². The quantitative estimate of drug-likeness (QED) is 0.131. The van der Waals surface area contributed by atoms with Crippen molar-refractivity contribution in [2.24, 2.45) is 0 Å². The normalized spacial score (nSPS) is 10.7. The number of rotatable bonds is 4. The minimum absolute atomic E-state index is 0.0872. The van der Waals surface area contributed by atoms with Crippen LogP contribution in [0.5, 0.6) is 23.0 Å². The van der Waals surface area contributed by atoms with Crippen molar-refractivity contribution < 1.29 is 34.4 Å². The zero-order valence-electron chi connectivity index (χ0n) is 21.9. The highest BCUT2D eigenvalue weighted by Gasteiger charge is 2.17. The molecule has 0 atom stereocenters. The zero-order valence-corrected chi connectivity index (χ0v) is 22.7. The van der Waals surface area contributed by atoms with Crippen molar-refractivity contribution in [3.05, 3.63) is 95.2 Å². The average molecular weight is 586 g/mol. The fraction of sp³-hybridized carbons (Fsp3) is 0.0333. The Hall–Kier alpha value is -5.62. The number of amides is 1. The number of hydrogen-bond acceptors (Lipinski definition) is 10. The summed E-state index contributed by atoms with van der Waals surface area (Å²) in [6, 6.07) is 23.7. The predicted molar refractivity (Wildman–Crippen MR) is 157 cm³/mol. The topological polar surface area (TPSA) is 178 Å². The minimum Gasteiger partial charge on any atom is -0.508 e. The number of anilines is 1. The van der Waals surface area contributed by atoms with E-state index in [-0.39, 0.29) is 33.8 Å². The molecule has 0 saturated heterocycles. The van der Waals surface area contributed by atoms with Crippen LogP contribution in [0.3, 0.4) is 0 Å². The number of benzene rings is 4. The summed E-state index contributed by atoms with van der Waals surface area (Å²) >= 11 is 1.67. The van der Waals surface area contributed by atoms with Crippen LogP contribution in [-0.2, 0) is 4.74 Å². The molecule has 0 aliphatic carbocycles. The first-order chi connectivity index (χ1) is 20.2. The first-order valence-electron chi connectivity index (χ1n) is 12.3. The highest BCUT2D eigenvalue weighted by atomic mass is 32.2. The Kier molecular flexibility index (Phi) is 7.89. The van der Waals surface area contributed by atoms with Gasteiger partial charge >= 0.3 is 6.09 Å². The van der Waals surface area contributed by atoms with Crippen LogP contribution in [0.25, 0.3) is 33.3 Å². The molecule has 2 aromatic heterocycles. The second kappa shape index (κ2) is 11.9. The molecule has 1 amide bonds. The number of nitrogens with zero attached hydrogens (tertiary/aromatic N) is 1. The minimum atomic E-state index is -0.654. The Bertz CT molecular complexity index is 1970. The van der Waals surface area contributed by atoms with Crippen LogP contribution in [0.2, 0.25) is 0 Å². The van der Waals surface area contributed by atoms with Crippen LogP contribution in [0.1, 0.15) is 0 Å². The number of ether oxygens (including phenoxy) is 1. The largest absolute Gasteiger partial charge is 0.508 e. The fourth-order valence-electron chi connectivity index (χ4n) is 3.92. The van der Waals surface area contributed by atoms with Gasteiger partial charge in [-0.25, -0.2) is 9.78 Å². The van der Waals surface area contributed by atoms with Gasteiger partial charge in [0, 0.05) is 21.4 Å². The Labute approximate surface area is 241 Å². The van der Waals surface area contributed by atoms with E-state index >= 15 is 0 Å². The third kappa shape index (κ3) is 6.08. The SMILES string of the molecule is COC(=O)Nc1nc2ccc(Sc3ccccc3)cc2[nH]1.O=c1c(O)c(-c2ccc(O)c(O)c2)oc2cc(O)ccc12. The Morgan fingerprint density at radius 1 is 0.905 bits per heavy atom. The first kappa shape index (κ1) is 27.9. The maximum absolute atomic E-state index is 12.1. The van der Waals surface area contributed by atoms with Crippen LogP contribution in [0.15, 0.2) is 104 Å². The molecule has 212 valence electrons. The third-order valence-electron chi connectivity index (χ3n) is 5.93. The van der Waals surface area contributed by atoms with Crippen LogP contribution in [0.4, 0.5) is 10.7 Å². The summed E-state index contributed by atoms with van der Waals surface area (Å²) in [5.41, 5.74) is 1.31. The maximum Gasteiger partial charge on any atom is 0.413 e. The van der Waals surface area contributed by atoms with Crippen molar-refractivity contribution >= 4 is 45.8 Å². The lowest BCUT2D eigenvalue weighted by Gasteiger charge is -2.07. The molecule has 2 heterocycles. The van der Waals surface area contributed by atoms with E-state index in [9.17, 15) is 30.0 Å². The summed E-state index contributed by atoms with van der Waals surface area (Å²) < 4.78 is 9.97. The summed E-state index contributed by atoms with van der Waals surface area (Å²) in [7, 11) is 1.31. The summed E-state index contributed by atoms with van der Waals surface area (Å²) in [6.45, 7) is 0. The van der Waals surface area contributed by atoms with E-state index in [1.807, 2.05) is 36.4 Å². The Morgan fingerprint density at radius 3 is 2.43 bits per heavy atom. The van der Waals surface area contributed by atoms with Crippen molar-refractivity contribution in [1.82, 2.24) is 9.97 Å². The molecule has 4 aromatic carbocycles. The summed E-state index contributed by atoms with van der Waals surface area (Å²) in [5.74, 6) is -1.23. The molecule has 6 N–H and O–H groups in total. The van der Waals surface area contributed by atoms with E-state index in [4.69, 9.17) is 4.42 Å². The number of aromatic nitrogens is 2. The molecule has 12 heteroatoms. The van der Waals surface area contributed by atoms with Crippen LogP contribution < -0.4 is 10.7 Å². The van der Waals surface area contributed by atoms with Gasteiger partial charge in [-0.2, -0.15) is 0 Å². The van der Waals surface area contributed by atoms with Gasteiger partial charge in [0.05, 0.1) is 23.5 Å². The van der Waals surface area contributed by atoms with Crippen molar-refractivity contribution in [1.29, 1.82) is 0 Å². The van der Waals surface area contributed by atoms with E-state index in [2.05, 4.69) is 32.2 Å². The third-order valence-corrected chi connectivity index (χ3v) is 6.93. The van der Waals surface area contributed by atoms with Gasteiger partial charge in [-0.15, -0.1) is 0 Å². The van der Waals surface area contributed by atoms with E-state index in [0.29, 0.717) is 5.95 Å². The summed E-state index contributed by atoms with van der Waals surface area (Å²) in [5, 5.41) is 40.8.